The number of hydrogen-bond donors (Lipinski definition) is 1. The highest BCUT2D eigenvalue weighted by atomic mass is 19.4. The van der Waals surface area contributed by atoms with E-state index in [1.165, 1.54) is 18.2 Å². The van der Waals surface area contributed by atoms with Gasteiger partial charge in [0.25, 0.3) is 5.91 Å². The first kappa shape index (κ1) is 16.1. The molecule has 126 valence electrons. The van der Waals surface area contributed by atoms with Crippen molar-refractivity contribution >= 4 is 5.91 Å². The van der Waals surface area contributed by atoms with E-state index in [1.54, 1.807) is 0 Å². The van der Waals surface area contributed by atoms with Gasteiger partial charge in [0.1, 0.15) is 5.75 Å². The van der Waals surface area contributed by atoms with Crippen LogP contribution in [0.1, 0.15) is 10.4 Å². The average Bonchev–Trinajstić information content (AvgIpc) is 2.53. The molecule has 3 aliphatic rings. The van der Waals surface area contributed by atoms with Gasteiger partial charge in [-0.1, -0.05) is 12.1 Å². The van der Waals surface area contributed by atoms with Crippen LogP contribution in [0.2, 0.25) is 0 Å². The molecule has 1 unspecified atom stereocenters. The minimum atomic E-state index is -4.82. The Kier molecular flexibility index (Phi) is 4.45. The standard InChI is InChI=1S/C15H18F3N3O2/c16-15(17,18)23-13-4-2-1-3-12(13)14(22)19-9-11-10-20-5-7-21(11)8-6-20/h1-4,11H,5-10H2,(H,19,22). The van der Waals surface area contributed by atoms with Gasteiger partial charge < -0.3 is 10.1 Å². The molecule has 1 aromatic rings. The lowest BCUT2D eigenvalue weighted by atomic mass is 10.1. The zero-order valence-electron chi connectivity index (χ0n) is 12.5. The summed E-state index contributed by atoms with van der Waals surface area (Å²) >= 11 is 0. The van der Waals surface area contributed by atoms with Gasteiger partial charge in [-0.05, 0) is 12.1 Å². The fourth-order valence-electron chi connectivity index (χ4n) is 3.09. The summed E-state index contributed by atoms with van der Waals surface area (Å²) in [6.07, 6.45) is -4.82. The molecule has 2 bridgehead atoms. The number of hydrogen-bond acceptors (Lipinski definition) is 4. The number of carbonyl (C=O) groups is 1. The summed E-state index contributed by atoms with van der Waals surface area (Å²) in [6, 6.07) is 5.58. The second kappa shape index (κ2) is 6.37. The van der Waals surface area contributed by atoms with Crippen molar-refractivity contribution in [3.8, 4) is 5.75 Å². The molecule has 4 rings (SSSR count). The number of alkyl halides is 3. The second-order valence-electron chi connectivity index (χ2n) is 5.74. The number of rotatable bonds is 4. The third kappa shape index (κ3) is 3.94. The topological polar surface area (TPSA) is 44.8 Å². The third-order valence-corrected chi connectivity index (χ3v) is 4.25. The number of benzene rings is 1. The average molecular weight is 329 g/mol. The van der Waals surface area contributed by atoms with E-state index in [-0.39, 0.29) is 11.6 Å². The Bertz CT molecular complexity index is 571. The number of piperazine rings is 3. The fraction of sp³-hybridized carbons (Fsp3) is 0.533. The van der Waals surface area contributed by atoms with E-state index in [9.17, 15) is 18.0 Å². The SMILES string of the molecule is O=C(NCC1CN2CCN1CC2)c1ccccc1OC(F)(F)F. The van der Waals surface area contributed by atoms with Crippen LogP contribution in [0.5, 0.6) is 5.75 Å². The Morgan fingerprint density at radius 2 is 1.91 bits per heavy atom. The maximum Gasteiger partial charge on any atom is 0.573 e. The molecule has 0 saturated carbocycles. The smallest absolute Gasteiger partial charge is 0.405 e. The lowest BCUT2D eigenvalue weighted by molar-refractivity contribution is -0.274. The van der Waals surface area contributed by atoms with Gasteiger partial charge in [-0.25, -0.2) is 0 Å². The Labute approximate surface area is 132 Å². The van der Waals surface area contributed by atoms with Crippen molar-refractivity contribution in [1.29, 1.82) is 0 Å². The number of para-hydroxylation sites is 1. The van der Waals surface area contributed by atoms with Gasteiger partial charge in [0.05, 0.1) is 5.56 Å². The first-order chi connectivity index (χ1) is 10.9. The Morgan fingerprint density at radius 1 is 1.22 bits per heavy atom. The molecule has 5 nitrogen and oxygen atoms in total. The van der Waals surface area contributed by atoms with Crippen molar-refractivity contribution in [3.63, 3.8) is 0 Å². The molecule has 0 radical (unpaired) electrons. The van der Waals surface area contributed by atoms with Gasteiger partial charge >= 0.3 is 6.36 Å². The zero-order valence-corrected chi connectivity index (χ0v) is 12.5. The van der Waals surface area contributed by atoms with Crippen LogP contribution in [-0.2, 0) is 0 Å². The molecule has 23 heavy (non-hydrogen) atoms. The van der Waals surface area contributed by atoms with Crippen LogP contribution >= 0.6 is 0 Å². The Balaban J connectivity index is 1.62. The number of fused-ring (bicyclic) bond motifs is 3. The van der Waals surface area contributed by atoms with Crippen LogP contribution < -0.4 is 10.1 Å². The van der Waals surface area contributed by atoms with Crippen molar-refractivity contribution in [3.05, 3.63) is 29.8 Å². The molecule has 8 heteroatoms. The molecule has 3 saturated heterocycles. The van der Waals surface area contributed by atoms with Crippen LogP contribution in [0.15, 0.2) is 24.3 Å². The van der Waals surface area contributed by atoms with Gasteiger partial charge in [-0.15, -0.1) is 13.2 Å². The number of carbonyl (C=O) groups excluding carboxylic acids is 1. The number of ether oxygens (including phenoxy) is 1. The summed E-state index contributed by atoms with van der Waals surface area (Å²) in [5.41, 5.74) is -0.110. The molecule has 1 amide bonds. The second-order valence-corrected chi connectivity index (χ2v) is 5.74. The minimum Gasteiger partial charge on any atom is -0.405 e. The van der Waals surface area contributed by atoms with Crippen LogP contribution in [-0.4, -0.2) is 67.4 Å². The van der Waals surface area contributed by atoms with Crippen LogP contribution in [0, 0.1) is 0 Å². The van der Waals surface area contributed by atoms with Gasteiger partial charge in [-0.2, -0.15) is 0 Å². The normalized spacial score (nSPS) is 26.8. The van der Waals surface area contributed by atoms with Gasteiger partial charge in [0.2, 0.25) is 0 Å². The van der Waals surface area contributed by atoms with Gasteiger partial charge in [0, 0.05) is 45.3 Å². The van der Waals surface area contributed by atoms with E-state index >= 15 is 0 Å². The van der Waals surface area contributed by atoms with E-state index in [1.807, 2.05) is 0 Å². The van der Waals surface area contributed by atoms with Crippen molar-refractivity contribution in [1.82, 2.24) is 15.1 Å². The molecule has 3 fully saturated rings. The number of amides is 1. The zero-order chi connectivity index (χ0) is 16.4. The molecule has 3 aliphatic heterocycles. The summed E-state index contributed by atoms with van der Waals surface area (Å²) in [7, 11) is 0. The van der Waals surface area contributed by atoms with Gasteiger partial charge in [0.15, 0.2) is 0 Å². The van der Waals surface area contributed by atoms with E-state index in [4.69, 9.17) is 0 Å². The molecular weight excluding hydrogens is 311 g/mol. The molecule has 3 heterocycles. The predicted molar refractivity (Wildman–Crippen MR) is 77.3 cm³/mol. The first-order valence-electron chi connectivity index (χ1n) is 7.52. The maximum absolute atomic E-state index is 12.4. The summed E-state index contributed by atoms with van der Waals surface area (Å²) in [4.78, 5) is 16.8. The summed E-state index contributed by atoms with van der Waals surface area (Å²) in [5, 5.41) is 2.73. The quantitative estimate of drug-likeness (QED) is 0.905. The minimum absolute atomic E-state index is 0.110. The summed E-state index contributed by atoms with van der Waals surface area (Å²) < 4.78 is 41.1. The molecule has 1 atom stereocenters. The molecule has 0 aromatic heterocycles. The van der Waals surface area contributed by atoms with Crippen molar-refractivity contribution < 1.29 is 22.7 Å². The highest BCUT2D eigenvalue weighted by molar-refractivity contribution is 5.96. The van der Waals surface area contributed by atoms with Crippen LogP contribution in [0.3, 0.4) is 0 Å². The fourth-order valence-corrected chi connectivity index (χ4v) is 3.09. The maximum atomic E-state index is 12.4. The molecule has 1 N–H and O–H groups in total. The van der Waals surface area contributed by atoms with Crippen molar-refractivity contribution in [2.24, 2.45) is 0 Å². The van der Waals surface area contributed by atoms with Crippen LogP contribution in [0.4, 0.5) is 13.2 Å². The number of nitrogens with zero attached hydrogens (tertiary/aromatic N) is 2. The summed E-state index contributed by atoms with van der Waals surface area (Å²) in [5.74, 6) is -1.03. The Hall–Kier alpha value is -1.80. The molecular formula is C15H18F3N3O2. The van der Waals surface area contributed by atoms with Crippen molar-refractivity contribution in [2.75, 3.05) is 39.3 Å². The third-order valence-electron chi connectivity index (χ3n) is 4.25. The highest BCUT2D eigenvalue weighted by Gasteiger charge is 2.34. The summed E-state index contributed by atoms with van der Waals surface area (Å²) in [6.45, 7) is 5.29. The molecule has 0 spiro atoms. The van der Waals surface area contributed by atoms with E-state index in [0.717, 1.165) is 38.8 Å². The predicted octanol–water partition coefficient (Wildman–Crippen LogP) is 1.31. The van der Waals surface area contributed by atoms with Gasteiger partial charge in [-0.3, -0.25) is 14.6 Å². The lowest BCUT2D eigenvalue weighted by Gasteiger charge is -2.47. The Morgan fingerprint density at radius 3 is 2.52 bits per heavy atom. The van der Waals surface area contributed by atoms with Crippen LogP contribution in [0.25, 0.3) is 0 Å². The lowest BCUT2D eigenvalue weighted by Crippen LogP contribution is -2.63. The van der Waals surface area contributed by atoms with Crippen molar-refractivity contribution in [2.45, 2.75) is 12.4 Å². The van der Waals surface area contributed by atoms with E-state index in [0.29, 0.717) is 6.54 Å². The largest absolute Gasteiger partial charge is 0.573 e. The molecule has 0 aliphatic carbocycles. The van der Waals surface area contributed by atoms with E-state index < -0.39 is 18.0 Å². The van der Waals surface area contributed by atoms with E-state index in [2.05, 4.69) is 19.9 Å². The number of nitrogens with one attached hydrogen (secondary N) is 1. The highest BCUT2D eigenvalue weighted by Crippen LogP contribution is 2.26. The monoisotopic (exact) mass is 329 g/mol. The first-order valence-corrected chi connectivity index (χ1v) is 7.52. The molecule has 1 aromatic carbocycles. The number of halogens is 3.